The van der Waals surface area contributed by atoms with Crippen LogP contribution in [-0.2, 0) is 6.54 Å². The standard InChI is InChI=1S/C24H29ClN4O2/c1-17-5-3-6-19(15-17)16-28-13-14-29(24(28)31)20-9-11-27(12-10-20)23(30)26-22-8-4-7-21(25)18(22)2/h3-8,15,20H,9-14,16H2,1-2H3,(H,26,30). The lowest BCUT2D eigenvalue weighted by molar-refractivity contribution is 0.139. The Kier molecular flexibility index (Phi) is 6.37. The minimum Gasteiger partial charge on any atom is -0.324 e. The predicted octanol–water partition coefficient (Wildman–Crippen LogP) is 4.89. The molecule has 0 unspecified atom stereocenters. The molecule has 164 valence electrons. The molecule has 4 rings (SSSR count). The molecule has 2 aromatic carbocycles. The van der Waals surface area contributed by atoms with Crippen molar-refractivity contribution in [3.05, 3.63) is 64.2 Å². The van der Waals surface area contributed by atoms with E-state index >= 15 is 0 Å². The van der Waals surface area contributed by atoms with E-state index in [1.165, 1.54) is 5.56 Å². The van der Waals surface area contributed by atoms with Gasteiger partial charge in [-0.1, -0.05) is 47.5 Å². The Morgan fingerprint density at radius 3 is 2.55 bits per heavy atom. The summed E-state index contributed by atoms with van der Waals surface area (Å²) in [7, 11) is 0. The van der Waals surface area contributed by atoms with Crippen molar-refractivity contribution in [2.45, 2.75) is 39.3 Å². The first kappa shape index (κ1) is 21.5. The SMILES string of the molecule is Cc1cccc(CN2CCN(C3CCN(C(=O)Nc4cccc(Cl)c4C)CC3)C2=O)c1. The second-order valence-corrected chi connectivity index (χ2v) is 8.85. The number of carbonyl (C=O) groups is 2. The van der Waals surface area contributed by atoms with Crippen LogP contribution in [0.3, 0.4) is 0 Å². The molecule has 2 aromatic rings. The average Bonchev–Trinajstić information content (AvgIpc) is 3.11. The van der Waals surface area contributed by atoms with Gasteiger partial charge in [0.05, 0.1) is 0 Å². The van der Waals surface area contributed by atoms with Crippen molar-refractivity contribution in [3.8, 4) is 0 Å². The van der Waals surface area contributed by atoms with Crippen LogP contribution < -0.4 is 5.32 Å². The van der Waals surface area contributed by atoms with Crippen LogP contribution in [0.15, 0.2) is 42.5 Å². The summed E-state index contributed by atoms with van der Waals surface area (Å²) in [5.41, 5.74) is 3.97. The summed E-state index contributed by atoms with van der Waals surface area (Å²) in [6.07, 6.45) is 1.60. The molecule has 2 aliphatic heterocycles. The molecule has 0 bridgehead atoms. The Hall–Kier alpha value is -2.73. The van der Waals surface area contributed by atoms with Crippen molar-refractivity contribution in [1.82, 2.24) is 14.7 Å². The van der Waals surface area contributed by atoms with E-state index in [4.69, 9.17) is 11.6 Å². The zero-order chi connectivity index (χ0) is 22.0. The molecular weight excluding hydrogens is 412 g/mol. The molecular formula is C24H29ClN4O2. The molecule has 0 aromatic heterocycles. The molecule has 2 fully saturated rings. The number of likely N-dealkylation sites (tertiary alicyclic amines) is 1. The third kappa shape index (κ3) is 4.79. The monoisotopic (exact) mass is 440 g/mol. The number of carbonyl (C=O) groups excluding carboxylic acids is 2. The zero-order valence-electron chi connectivity index (χ0n) is 18.1. The van der Waals surface area contributed by atoms with Gasteiger partial charge in [-0.15, -0.1) is 0 Å². The highest BCUT2D eigenvalue weighted by Gasteiger charge is 2.36. The van der Waals surface area contributed by atoms with Crippen LogP contribution >= 0.6 is 11.6 Å². The summed E-state index contributed by atoms with van der Waals surface area (Å²) in [5, 5.41) is 3.60. The summed E-state index contributed by atoms with van der Waals surface area (Å²) in [5.74, 6) is 0. The first-order valence-electron chi connectivity index (χ1n) is 10.8. The van der Waals surface area contributed by atoms with E-state index in [0.717, 1.165) is 42.7 Å². The summed E-state index contributed by atoms with van der Waals surface area (Å²) in [6, 6.07) is 14.0. The fourth-order valence-corrected chi connectivity index (χ4v) is 4.61. The van der Waals surface area contributed by atoms with E-state index < -0.39 is 0 Å². The molecule has 0 spiro atoms. The van der Waals surface area contributed by atoms with Crippen LogP contribution in [0.4, 0.5) is 15.3 Å². The highest BCUT2D eigenvalue weighted by atomic mass is 35.5. The molecule has 2 saturated heterocycles. The third-order valence-corrected chi connectivity index (χ3v) is 6.69. The maximum absolute atomic E-state index is 13.0. The van der Waals surface area contributed by atoms with Gasteiger partial charge < -0.3 is 20.0 Å². The molecule has 2 heterocycles. The Balaban J connectivity index is 1.30. The van der Waals surface area contributed by atoms with E-state index in [0.29, 0.717) is 24.7 Å². The van der Waals surface area contributed by atoms with Gasteiger partial charge in [-0.3, -0.25) is 0 Å². The summed E-state index contributed by atoms with van der Waals surface area (Å²) in [4.78, 5) is 31.4. The Labute approximate surface area is 188 Å². The van der Waals surface area contributed by atoms with Crippen LogP contribution in [0.25, 0.3) is 0 Å². The molecule has 0 radical (unpaired) electrons. The minimum absolute atomic E-state index is 0.110. The van der Waals surface area contributed by atoms with Crippen molar-refractivity contribution in [2.75, 3.05) is 31.5 Å². The van der Waals surface area contributed by atoms with Crippen molar-refractivity contribution in [3.63, 3.8) is 0 Å². The van der Waals surface area contributed by atoms with Gasteiger partial charge in [0, 0.05) is 49.5 Å². The number of piperidine rings is 1. The van der Waals surface area contributed by atoms with Gasteiger partial charge in [0.15, 0.2) is 0 Å². The zero-order valence-corrected chi connectivity index (χ0v) is 18.9. The van der Waals surface area contributed by atoms with Gasteiger partial charge in [0.1, 0.15) is 0 Å². The number of amides is 4. The van der Waals surface area contributed by atoms with E-state index in [2.05, 4.69) is 30.4 Å². The second kappa shape index (κ2) is 9.18. The molecule has 6 nitrogen and oxygen atoms in total. The topological polar surface area (TPSA) is 55.9 Å². The first-order chi connectivity index (χ1) is 14.9. The van der Waals surface area contributed by atoms with Gasteiger partial charge in [0.2, 0.25) is 0 Å². The van der Waals surface area contributed by atoms with Gasteiger partial charge >= 0.3 is 12.1 Å². The molecule has 0 atom stereocenters. The lowest BCUT2D eigenvalue weighted by Crippen LogP contribution is -2.49. The lowest BCUT2D eigenvalue weighted by atomic mass is 10.0. The maximum atomic E-state index is 13.0. The molecule has 0 saturated carbocycles. The van der Waals surface area contributed by atoms with E-state index in [-0.39, 0.29) is 18.1 Å². The predicted molar refractivity (Wildman–Crippen MR) is 123 cm³/mol. The molecule has 2 aliphatic rings. The molecule has 0 aliphatic carbocycles. The quantitative estimate of drug-likeness (QED) is 0.735. The van der Waals surface area contributed by atoms with Gasteiger partial charge in [-0.25, -0.2) is 9.59 Å². The average molecular weight is 441 g/mol. The van der Waals surface area contributed by atoms with E-state index in [1.807, 2.05) is 45.9 Å². The van der Waals surface area contributed by atoms with Gasteiger partial charge in [-0.2, -0.15) is 0 Å². The minimum atomic E-state index is -0.113. The van der Waals surface area contributed by atoms with Crippen LogP contribution in [0.1, 0.15) is 29.5 Å². The summed E-state index contributed by atoms with van der Waals surface area (Å²) < 4.78 is 0. The first-order valence-corrected chi connectivity index (χ1v) is 11.2. The number of aryl methyl sites for hydroxylation is 1. The number of nitrogens with one attached hydrogen (secondary N) is 1. The number of hydrogen-bond acceptors (Lipinski definition) is 2. The van der Waals surface area contributed by atoms with Crippen LogP contribution in [0, 0.1) is 13.8 Å². The lowest BCUT2D eigenvalue weighted by Gasteiger charge is -2.36. The third-order valence-electron chi connectivity index (χ3n) is 6.28. The molecule has 31 heavy (non-hydrogen) atoms. The van der Waals surface area contributed by atoms with Crippen LogP contribution in [-0.4, -0.2) is 59.0 Å². The van der Waals surface area contributed by atoms with Crippen molar-refractivity contribution in [1.29, 1.82) is 0 Å². The van der Waals surface area contributed by atoms with E-state index in [9.17, 15) is 9.59 Å². The van der Waals surface area contributed by atoms with Gasteiger partial charge in [-0.05, 0) is 49.9 Å². The van der Waals surface area contributed by atoms with Crippen LogP contribution in [0.5, 0.6) is 0 Å². The van der Waals surface area contributed by atoms with Crippen molar-refractivity contribution >= 4 is 29.4 Å². The number of halogens is 1. The Morgan fingerprint density at radius 2 is 1.81 bits per heavy atom. The number of nitrogens with zero attached hydrogens (tertiary/aromatic N) is 3. The Bertz CT molecular complexity index is 972. The maximum Gasteiger partial charge on any atom is 0.321 e. The molecule has 4 amide bonds. The largest absolute Gasteiger partial charge is 0.324 e. The highest BCUT2D eigenvalue weighted by molar-refractivity contribution is 6.31. The van der Waals surface area contributed by atoms with Crippen molar-refractivity contribution in [2.24, 2.45) is 0 Å². The molecule has 1 N–H and O–H groups in total. The normalized spacial score (nSPS) is 17.4. The summed E-state index contributed by atoms with van der Waals surface area (Å²) in [6.45, 7) is 7.39. The number of anilines is 1. The number of hydrogen-bond donors (Lipinski definition) is 1. The number of benzene rings is 2. The number of urea groups is 2. The smallest absolute Gasteiger partial charge is 0.321 e. The second-order valence-electron chi connectivity index (χ2n) is 8.45. The highest BCUT2D eigenvalue weighted by Crippen LogP contribution is 2.25. The van der Waals surface area contributed by atoms with Crippen LogP contribution in [0.2, 0.25) is 5.02 Å². The fraction of sp³-hybridized carbons (Fsp3) is 0.417. The molecule has 7 heteroatoms. The number of rotatable bonds is 4. The van der Waals surface area contributed by atoms with E-state index in [1.54, 1.807) is 0 Å². The van der Waals surface area contributed by atoms with Crippen molar-refractivity contribution < 1.29 is 9.59 Å². The summed E-state index contributed by atoms with van der Waals surface area (Å²) >= 11 is 6.15. The fourth-order valence-electron chi connectivity index (χ4n) is 4.44. The van der Waals surface area contributed by atoms with Gasteiger partial charge in [0.25, 0.3) is 0 Å². The Morgan fingerprint density at radius 1 is 1.06 bits per heavy atom.